The van der Waals surface area contributed by atoms with Crippen molar-refractivity contribution in [2.75, 3.05) is 13.2 Å². The van der Waals surface area contributed by atoms with Crippen LogP contribution in [0, 0.1) is 0 Å². The maximum absolute atomic E-state index is 9.11. The lowest BCUT2D eigenvalue weighted by molar-refractivity contribution is 0.0963. The second kappa shape index (κ2) is 4.01. The summed E-state index contributed by atoms with van der Waals surface area (Å²) in [5.41, 5.74) is 3.68. The highest BCUT2D eigenvalue weighted by Gasteiger charge is 2.23. The van der Waals surface area contributed by atoms with Gasteiger partial charge < -0.3 is 10.2 Å². The lowest BCUT2D eigenvalue weighted by Crippen LogP contribution is -2.18. The van der Waals surface area contributed by atoms with Crippen molar-refractivity contribution < 1.29 is 15.1 Å². The van der Waals surface area contributed by atoms with Gasteiger partial charge in [0, 0.05) is 6.54 Å². The van der Waals surface area contributed by atoms with Crippen molar-refractivity contribution in [2.24, 2.45) is 0 Å². The summed E-state index contributed by atoms with van der Waals surface area (Å²) in [6.07, 6.45) is 0. The molecule has 14 heavy (non-hydrogen) atoms. The SMILES string of the molecule is OCc1nnn([C@H]2CNOC2)c1CO. The number of hydrogen-bond acceptors (Lipinski definition) is 6. The predicted molar refractivity (Wildman–Crippen MR) is 44.9 cm³/mol. The van der Waals surface area contributed by atoms with Crippen molar-refractivity contribution >= 4 is 0 Å². The first kappa shape index (κ1) is 9.53. The van der Waals surface area contributed by atoms with Crippen LogP contribution in [0.1, 0.15) is 17.4 Å². The summed E-state index contributed by atoms with van der Waals surface area (Å²) in [6.45, 7) is 0.721. The summed E-state index contributed by atoms with van der Waals surface area (Å²) >= 11 is 0. The van der Waals surface area contributed by atoms with E-state index in [0.717, 1.165) is 0 Å². The number of hydrogen-bond donors (Lipinski definition) is 3. The van der Waals surface area contributed by atoms with Crippen LogP contribution in [-0.4, -0.2) is 38.4 Å². The molecule has 1 atom stereocenters. The first-order valence-electron chi connectivity index (χ1n) is 4.36. The van der Waals surface area contributed by atoms with Gasteiger partial charge in [-0.1, -0.05) is 5.21 Å². The Bertz CT molecular complexity index is 308. The van der Waals surface area contributed by atoms with E-state index in [-0.39, 0.29) is 19.3 Å². The molecule has 0 saturated carbocycles. The number of rotatable bonds is 3. The van der Waals surface area contributed by atoms with Gasteiger partial charge in [-0.15, -0.1) is 5.10 Å². The quantitative estimate of drug-likeness (QED) is 0.540. The minimum atomic E-state index is -0.211. The van der Waals surface area contributed by atoms with Crippen LogP contribution in [0.4, 0.5) is 0 Å². The van der Waals surface area contributed by atoms with Gasteiger partial charge in [0.2, 0.25) is 0 Å². The number of nitrogens with zero attached hydrogens (tertiary/aromatic N) is 3. The van der Waals surface area contributed by atoms with Crippen LogP contribution >= 0.6 is 0 Å². The molecule has 1 saturated heterocycles. The lowest BCUT2D eigenvalue weighted by Gasteiger charge is -2.09. The van der Waals surface area contributed by atoms with Gasteiger partial charge in [-0.2, -0.15) is 0 Å². The van der Waals surface area contributed by atoms with E-state index in [1.54, 1.807) is 4.68 Å². The highest BCUT2D eigenvalue weighted by atomic mass is 16.7. The van der Waals surface area contributed by atoms with Crippen molar-refractivity contribution in [3.63, 3.8) is 0 Å². The Morgan fingerprint density at radius 3 is 2.93 bits per heavy atom. The van der Waals surface area contributed by atoms with Crippen LogP contribution in [0.3, 0.4) is 0 Å². The van der Waals surface area contributed by atoms with Crippen LogP contribution in [-0.2, 0) is 18.1 Å². The lowest BCUT2D eigenvalue weighted by atomic mass is 10.3. The smallest absolute Gasteiger partial charge is 0.114 e. The summed E-state index contributed by atoms with van der Waals surface area (Å²) in [5, 5.41) is 25.7. The summed E-state index contributed by atoms with van der Waals surface area (Å²) in [4.78, 5) is 4.97. The highest BCUT2D eigenvalue weighted by molar-refractivity contribution is 5.09. The van der Waals surface area contributed by atoms with E-state index in [1.807, 2.05) is 0 Å². The number of aliphatic hydroxyl groups excluding tert-OH is 2. The molecule has 0 unspecified atom stereocenters. The summed E-state index contributed by atoms with van der Waals surface area (Å²) < 4.78 is 1.59. The molecule has 0 spiro atoms. The average molecular weight is 200 g/mol. The van der Waals surface area contributed by atoms with Crippen LogP contribution in [0.15, 0.2) is 0 Å². The minimum absolute atomic E-state index is 0.0324. The topological polar surface area (TPSA) is 92.4 Å². The highest BCUT2D eigenvalue weighted by Crippen LogP contribution is 2.15. The number of aliphatic hydroxyl groups is 2. The standard InChI is InChI=1S/C7H12N4O3/c12-2-6-7(3-13)11(10-9-6)5-1-8-14-4-5/h5,8,12-13H,1-4H2/t5-/m0/s1. The Kier molecular flexibility index (Phi) is 2.73. The summed E-state index contributed by atoms with van der Waals surface area (Å²) in [7, 11) is 0. The Balaban J connectivity index is 2.27. The third-order valence-electron chi connectivity index (χ3n) is 2.21. The second-order valence-corrected chi connectivity index (χ2v) is 3.06. The maximum Gasteiger partial charge on any atom is 0.114 e. The molecule has 0 bridgehead atoms. The molecule has 3 N–H and O–H groups in total. The maximum atomic E-state index is 9.11. The Morgan fingerprint density at radius 1 is 1.50 bits per heavy atom. The molecule has 0 aliphatic carbocycles. The Labute approximate surface area is 80.3 Å². The van der Waals surface area contributed by atoms with E-state index >= 15 is 0 Å². The largest absolute Gasteiger partial charge is 0.390 e. The first-order chi connectivity index (χ1) is 6.86. The van der Waals surface area contributed by atoms with E-state index < -0.39 is 0 Å². The zero-order valence-corrected chi connectivity index (χ0v) is 7.55. The molecule has 1 aromatic rings. The molecule has 0 amide bonds. The Hall–Kier alpha value is -1.02. The molecule has 0 radical (unpaired) electrons. The van der Waals surface area contributed by atoms with Gasteiger partial charge in [0.05, 0.1) is 31.6 Å². The van der Waals surface area contributed by atoms with Gasteiger partial charge in [-0.25, -0.2) is 10.2 Å². The van der Waals surface area contributed by atoms with Gasteiger partial charge >= 0.3 is 0 Å². The predicted octanol–water partition coefficient (Wildman–Crippen LogP) is -1.66. The second-order valence-electron chi connectivity index (χ2n) is 3.06. The summed E-state index contributed by atoms with van der Waals surface area (Å²) in [6, 6.07) is 0.0324. The normalized spacial score (nSPS) is 21.7. The molecule has 1 fully saturated rings. The molecule has 1 aliphatic rings. The van der Waals surface area contributed by atoms with Crippen LogP contribution in [0.25, 0.3) is 0 Å². The van der Waals surface area contributed by atoms with E-state index in [4.69, 9.17) is 15.1 Å². The molecule has 78 valence electrons. The van der Waals surface area contributed by atoms with Crippen molar-refractivity contribution in [1.82, 2.24) is 20.5 Å². The van der Waals surface area contributed by atoms with E-state index in [2.05, 4.69) is 15.8 Å². The van der Waals surface area contributed by atoms with E-state index in [9.17, 15) is 0 Å². The Morgan fingerprint density at radius 2 is 2.36 bits per heavy atom. The number of nitrogens with one attached hydrogen (secondary N) is 1. The molecule has 7 nitrogen and oxygen atoms in total. The van der Waals surface area contributed by atoms with Crippen molar-refractivity contribution in [3.8, 4) is 0 Å². The molecular weight excluding hydrogens is 188 g/mol. The van der Waals surface area contributed by atoms with Crippen molar-refractivity contribution in [2.45, 2.75) is 19.3 Å². The van der Waals surface area contributed by atoms with Gasteiger partial charge in [0.1, 0.15) is 5.69 Å². The molecule has 1 aromatic heterocycles. The number of aromatic nitrogens is 3. The summed E-state index contributed by atoms with van der Waals surface area (Å²) in [5.74, 6) is 0. The molecule has 0 aromatic carbocycles. The van der Waals surface area contributed by atoms with Gasteiger partial charge in [0.15, 0.2) is 0 Å². The molecule has 2 heterocycles. The van der Waals surface area contributed by atoms with E-state index in [1.165, 1.54) is 0 Å². The van der Waals surface area contributed by atoms with Gasteiger partial charge in [-0.05, 0) is 0 Å². The van der Waals surface area contributed by atoms with Crippen molar-refractivity contribution in [3.05, 3.63) is 11.4 Å². The van der Waals surface area contributed by atoms with Gasteiger partial charge in [-0.3, -0.25) is 4.84 Å². The third kappa shape index (κ3) is 1.50. The zero-order chi connectivity index (χ0) is 9.97. The molecular formula is C7H12N4O3. The van der Waals surface area contributed by atoms with Crippen LogP contribution < -0.4 is 5.48 Å². The van der Waals surface area contributed by atoms with Crippen LogP contribution in [0.2, 0.25) is 0 Å². The van der Waals surface area contributed by atoms with E-state index in [0.29, 0.717) is 24.5 Å². The fraction of sp³-hybridized carbons (Fsp3) is 0.714. The average Bonchev–Trinajstić information content (AvgIpc) is 2.85. The molecule has 1 aliphatic heterocycles. The fourth-order valence-corrected chi connectivity index (χ4v) is 1.45. The monoisotopic (exact) mass is 200 g/mol. The first-order valence-corrected chi connectivity index (χ1v) is 4.36. The number of hydroxylamine groups is 1. The minimum Gasteiger partial charge on any atom is -0.390 e. The zero-order valence-electron chi connectivity index (χ0n) is 7.55. The fourth-order valence-electron chi connectivity index (χ4n) is 1.45. The third-order valence-corrected chi connectivity index (χ3v) is 2.21. The molecule has 7 heteroatoms. The molecule has 2 rings (SSSR count). The van der Waals surface area contributed by atoms with Crippen molar-refractivity contribution in [1.29, 1.82) is 0 Å². The van der Waals surface area contributed by atoms with Gasteiger partial charge in [0.25, 0.3) is 0 Å². The van der Waals surface area contributed by atoms with Crippen LogP contribution in [0.5, 0.6) is 0 Å².